The summed E-state index contributed by atoms with van der Waals surface area (Å²) in [4.78, 5) is 32.8. The van der Waals surface area contributed by atoms with Crippen LogP contribution in [0.25, 0.3) is 0 Å². The number of rotatable bonds is 7. The maximum Gasteiger partial charge on any atom is 0.339 e. The molecule has 2 rings (SSSR count). The Morgan fingerprint density at radius 1 is 1.30 bits per heavy atom. The lowest BCUT2D eigenvalue weighted by Crippen LogP contribution is -2.34. The van der Waals surface area contributed by atoms with Crippen LogP contribution >= 0.6 is 7.60 Å². The van der Waals surface area contributed by atoms with Crippen molar-refractivity contribution in [3.63, 3.8) is 0 Å². The topological polar surface area (TPSA) is 102 Å². The van der Waals surface area contributed by atoms with Gasteiger partial charge in [-0.1, -0.05) is 30.3 Å². The SMILES string of the molecule is O=C(CP(=O)(O)OCCc1ccccc1)OC(=O)[C@@H]1CCCN1. The minimum absolute atomic E-state index is 0.00317. The first-order valence-corrected chi connectivity index (χ1v) is 9.21. The fraction of sp³-hybridized carbons (Fsp3) is 0.467. The van der Waals surface area contributed by atoms with Crippen LogP contribution in [0.5, 0.6) is 0 Å². The van der Waals surface area contributed by atoms with E-state index >= 15 is 0 Å². The van der Waals surface area contributed by atoms with Crippen molar-refractivity contribution in [1.29, 1.82) is 0 Å². The van der Waals surface area contributed by atoms with Gasteiger partial charge < -0.3 is 19.5 Å². The van der Waals surface area contributed by atoms with Gasteiger partial charge >= 0.3 is 19.5 Å². The summed E-state index contributed by atoms with van der Waals surface area (Å²) in [6.07, 6.45) is 1.04. The highest BCUT2D eigenvalue weighted by molar-refractivity contribution is 7.53. The highest BCUT2D eigenvalue weighted by atomic mass is 31.2. The first kappa shape index (κ1) is 17.8. The van der Waals surface area contributed by atoms with Gasteiger partial charge in [0.25, 0.3) is 0 Å². The van der Waals surface area contributed by atoms with E-state index in [0.717, 1.165) is 12.0 Å². The molecule has 1 fully saturated rings. The zero-order valence-electron chi connectivity index (χ0n) is 12.6. The lowest BCUT2D eigenvalue weighted by Gasteiger charge is -2.12. The van der Waals surface area contributed by atoms with Gasteiger partial charge in [0.05, 0.1) is 6.61 Å². The standard InChI is InChI=1S/C15H20NO6P/c17-14(22-15(18)13-7-4-9-16-13)11-23(19,20)21-10-8-12-5-2-1-3-6-12/h1-3,5-6,13,16H,4,7-11H2,(H,19,20)/t13-/m0/s1. The number of esters is 2. The Bertz CT molecular complexity index is 585. The molecule has 126 valence electrons. The molecule has 1 aliphatic rings. The molecule has 1 aromatic carbocycles. The molecular weight excluding hydrogens is 321 g/mol. The lowest BCUT2D eigenvalue weighted by molar-refractivity contribution is -0.159. The van der Waals surface area contributed by atoms with Crippen molar-refractivity contribution in [1.82, 2.24) is 5.32 Å². The van der Waals surface area contributed by atoms with E-state index in [-0.39, 0.29) is 6.61 Å². The Kier molecular flexibility index (Phi) is 6.47. The maximum absolute atomic E-state index is 11.8. The first-order valence-electron chi connectivity index (χ1n) is 7.44. The van der Waals surface area contributed by atoms with Crippen molar-refractivity contribution >= 4 is 19.5 Å². The van der Waals surface area contributed by atoms with E-state index in [0.29, 0.717) is 19.4 Å². The zero-order valence-corrected chi connectivity index (χ0v) is 13.5. The molecule has 1 heterocycles. The average molecular weight is 341 g/mol. The maximum atomic E-state index is 11.8. The molecule has 0 spiro atoms. The third-order valence-electron chi connectivity index (χ3n) is 3.41. The van der Waals surface area contributed by atoms with E-state index in [9.17, 15) is 19.0 Å². The highest BCUT2D eigenvalue weighted by Crippen LogP contribution is 2.41. The summed E-state index contributed by atoms with van der Waals surface area (Å²) in [6.45, 7) is 0.693. The summed E-state index contributed by atoms with van der Waals surface area (Å²) < 4.78 is 21.3. The van der Waals surface area contributed by atoms with Crippen LogP contribution in [0.4, 0.5) is 0 Å². The lowest BCUT2D eigenvalue weighted by atomic mass is 10.2. The molecule has 2 N–H and O–H groups in total. The number of carbonyl (C=O) groups is 2. The van der Waals surface area contributed by atoms with E-state index in [1.54, 1.807) is 0 Å². The van der Waals surface area contributed by atoms with Crippen LogP contribution < -0.4 is 5.32 Å². The number of hydrogen-bond donors (Lipinski definition) is 2. The minimum atomic E-state index is -4.12. The summed E-state index contributed by atoms with van der Waals surface area (Å²) >= 11 is 0. The van der Waals surface area contributed by atoms with Gasteiger partial charge in [-0.3, -0.25) is 9.36 Å². The van der Waals surface area contributed by atoms with Crippen molar-refractivity contribution < 1.29 is 28.3 Å². The van der Waals surface area contributed by atoms with Crippen molar-refractivity contribution in [3.05, 3.63) is 35.9 Å². The number of ether oxygens (including phenoxy) is 1. The van der Waals surface area contributed by atoms with Gasteiger partial charge in [0.15, 0.2) is 0 Å². The van der Waals surface area contributed by atoms with Crippen LogP contribution in [0, 0.1) is 0 Å². The van der Waals surface area contributed by atoms with Gasteiger partial charge in [0.2, 0.25) is 0 Å². The van der Waals surface area contributed by atoms with E-state index in [1.807, 2.05) is 30.3 Å². The van der Waals surface area contributed by atoms with E-state index in [2.05, 4.69) is 10.1 Å². The van der Waals surface area contributed by atoms with Crippen molar-refractivity contribution in [2.45, 2.75) is 25.3 Å². The van der Waals surface area contributed by atoms with Crippen LogP contribution in [-0.4, -0.2) is 42.2 Å². The molecule has 0 amide bonds. The van der Waals surface area contributed by atoms with Crippen LogP contribution in [0.3, 0.4) is 0 Å². The van der Waals surface area contributed by atoms with Crippen molar-refractivity contribution in [2.75, 3.05) is 19.3 Å². The van der Waals surface area contributed by atoms with Crippen molar-refractivity contribution in [3.8, 4) is 0 Å². The molecule has 1 saturated heterocycles. The van der Waals surface area contributed by atoms with Crippen LogP contribution in [0.2, 0.25) is 0 Å². The normalized spacial score (nSPS) is 20.0. The minimum Gasteiger partial charge on any atom is -0.391 e. The number of benzene rings is 1. The van der Waals surface area contributed by atoms with Gasteiger partial charge in [-0.05, 0) is 31.4 Å². The molecule has 8 heteroatoms. The summed E-state index contributed by atoms with van der Waals surface area (Å²) in [7, 11) is -4.12. The molecule has 1 aliphatic heterocycles. The average Bonchev–Trinajstić information content (AvgIpc) is 3.01. The molecule has 0 saturated carbocycles. The Hall–Kier alpha value is -1.53. The predicted octanol–water partition coefficient (Wildman–Crippen LogP) is 1.25. The molecule has 7 nitrogen and oxygen atoms in total. The quantitative estimate of drug-likeness (QED) is 0.437. The molecule has 0 bridgehead atoms. The predicted molar refractivity (Wildman–Crippen MR) is 82.9 cm³/mol. The fourth-order valence-electron chi connectivity index (χ4n) is 2.26. The second kappa shape index (κ2) is 8.36. The molecule has 0 aliphatic carbocycles. The molecule has 1 aromatic rings. The van der Waals surface area contributed by atoms with Gasteiger partial charge in [0.1, 0.15) is 12.2 Å². The summed E-state index contributed by atoms with van der Waals surface area (Å²) in [5, 5.41) is 2.89. The second-order valence-electron chi connectivity index (χ2n) is 5.31. The Labute approximate surface area is 134 Å². The molecule has 2 atom stereocenters. The third-order valence-corrected chi connectivity index (χ3v) is 4.66. The van der Waals surface area contributed by atoms with Crippen LogP contribution in [0.15, 0.2) is 30.3 Å². The van der Waals surface area contributed by atoms with Gasteiger partial charge in [-0.2, -0.15) is 0 Å². The van der Waals surface area contributed by atoms with Gasteiger partial charge in [0, 0.05) is 0 Å². The highest BCUT2D eigenvalue weighted by Gasteiger charge is 2.30. The van der Waals surface area contributed by atoms with Gasteiger partial charge in [-0.25, -0.2) is 4.79 Å². The summed E-state index contributed by atoms with van der Waals surface area (Å²) in [6, 6.07) is 8.80. The number of carbonyl (C=O) groups excluding carboxylic acids is 2. The largest absolute Gasteiger partial charge is 0.391 e. The van der Waals surface area contributed by atoms with Gasteiger partial charge in [-0.15, -0.1) is 0 Å². The van der Waals surface area contributed by atoms with E-state index < -0.39 is 31.7 Å². The Balaban J connectivity index is 1.72. The monoisotopic (exact) mass is 341 g/mol. The molecular formula is C15H20NO6P. The summed E-state index contributed by atoms with van der Waals surface area (Å²) in [5.41, 5.74) is 0.956. The zero-order chi connectivity index (χ0) is 16.7. The number of hydrogen-bond acceptors (Lipinski definition) is 6. The fourth-order valence-corrected chi connectivity index (χ4v) is 3.12. The van der Waals surface area contributed by atoms with Crippen LogP contribution in [-0.2, 0) is 29.8 Å². The van der Waals surface area contributed by atoms with Crippen LogP contribution in [0.1, 0.15) is 18.4 Å². The third kappa shape index (κ3) is 6.23. The first-order chi connectivity index (χ1) is 11.0. The molecule has 0 aromatic heterocycles. The Morgan fingerprint density at radius 3 is 2.70 bits per heavy atom. The van der Waals surface area contributed by atoms with E-state index in [1.165, 1.54) is 0 Å². The van der Waals surface area contributed by atoms with E-state index in [4.69, 9.17) is 4.52 Å². The molecule has 23 heavy (non-hydrogen) atoms. The second-order valence-corrected chi connectivity index (χ2v) is 7.16. The Morgan fingerprint density at radius 2 is 2.04 bits per heavy atom. The smallest absolute Gasteiger partial charge is 0.339 e. The molecule has 0 radical (unpaired) electrons. The number of nitrogens with one attached hydrogen (secondary N) is 1. The summed E-state index contributed by atoms with van der Waals surface area (Å²) in [5.74, 6) is -1.76. The van der Waals surface area contributed by atoms with Crippen molar-refractivity contribution in [2.24, 2.45) is 0 Å². The molecule has 1 unspecified atom stereocenters.